The Morgan fingerprint density at radius 3 is 2.31 bits per heavy atom. The number of rotatable bonds is 0. The van der Waals surface area contributed by atoms with Crippen molar-refractivity contribution in [1.29, 1.82) is 5.26 Å². The highest BCUT2D eigenvalue weighted by atomic mass is 35.5. The van der Waals surface area contributed by atoms with E-state index in [4.69, 9.17) is 5.26 Å². The van der Waals surface area contributed by atoms with E-state index in [-0.39, 0.29) is 12.4 Å². The van der Waals surface area contributed by atoms with E-state index in [1.807, 2.05) is 0 Å². The molecule has 13 heavy (non-hydrogen) atoms. The van der Waals surface area contributed by atoms with Crippen molar-refractivity contribution in [3.63, 3.8) is 0 Å². The second-order valence-electron chi connectivity index (χ2n) is 2.52. The van der Waals surface area contributed by atoms with Crippen LogP contribution in [0.25, 0.3) is 0 Å². The van der Waals surface area contributed by atoms with Crippen molar-refractivity contribution >= 4 is 18.3 Å². The zero-order valence-electron chi connectivity index (χ0n) is 6.26. The third-order valence-corrected chi connectivity index (χ3v) is 1.66. The Labute approximate surface area is 78.3 Å². The molecular formula is C6H6ClF3N2O. The van der Waals surface area contributed by atoms with Gasteiger partial charge in [0.2, 0.25) is 5.91 Å². The highest BCUT2D eigenvalue weighted by Crippen LogP contribution is 2.29. The minimum absolute atomic E-state index is 0. The molecular weight excluding hydrogens is 209 g/mol. The molecule has 1 heterocycles. The van der Waals surface area contributed by atoms with E-state index in [1.165, 1.54) is 6.07 Å². The van der Waals surface area contributed by atoms with Crippen molar-refractivity contribution in [2.45, 2.75) is 18.6 Å². The number of nitrogens with zero attached hydrogens (tertiary/aromatic N) is 1. The van der Waals surface area contributed by atoms with Gasteiger partial charge in [0.25, 0.3) is 0 Å². The van der Waals surface area contributed by atoms with Crippen LogP contribution in [-0.2, 0) is 4.79 Å². The first-order chi connectivity index (χ1) is 5.45. The van der Waals surface area contributed by atoms with E-state index in [2.05, 4.69) is 0 Å². The molecule has 1 saturated heterocycles. The van der Waals surface area contributed by atoms with Gasteiger partial charge in [-0.1, -0.05) is 0 Å². The van der Waals surface area contributed by atoms with Gasteiger partial charge in [-0.25, -0.2) is 0 Å². The summed E-state index contributed by atoms with van der Waals surface area (Å²) in [5, 5.41) is 9.95. The molecule has 0 aromatic heterocycles. The number of nitriles is 1. The molecule has 1 amide bonds. The Morgan fingerprint density at radius 2 is 2.08 bits per heavy atom. The average molecular weight is 215 g/mol. The van der Waals surface area contributed by atoms with Gasteiger partial charge in [-0.15, -0.1) is 12.4 Å². The molecule has 74 valence electrons. The molecule has 0 spiro atoms. The van der Waals surface area contributed by atoms with E-state index >= 15 is 0 Å². The molecule has 1 rings (SSSR count). The third-order valence-electron chi connectivity index (χ3n) is 1.66. The van der Waals surface area contributed by atoms with E-state index < -0.39 is 30.5 Å². The predicted octanol–water partition coefficient (Wildman–Crippen LogP) is 0.999. The smallest absolute Gasteiger partial charge is 0.343 e. The first-order valence-electron chi connectivity index (χ1n) is 3.22. The fourth-order valence-electron chi connectivity index (χ4n) is 1.00. The largest absolute Gasteiger partial charge is 0.408 e. The zero-order chi connectivity index (χ0) is 9.35. The Morgan fingerprint density at radius 1 is 1.54 bits per heavy atom. The van der Waals surface area contributed by atoms with Crippen LogP contribution < -0.4 is 5.32 Å². The van der Waals surface area contributed by atoms with Crippen molar-refractivity contribution in [2.24, 2.45) is 5.92 Å². The number of hydrogen-bond donors (Lipinski definition) is 1. The minimum Gasteiger partial charge on any atom is -0.343 e. The van der Waals surface area contributed by atoms with Crippen molar-refractivity contribution < 1.29 is 18.0 Å². The van der Waals surface area contributed by atoms with Gasteiger partial charge >= 0.3 is 6.18 Å². The molecule has 0 aromatic rings. The summed E-state index contributed by atoms with van der Waals surface area (Å²) < 4.78 is 35.8. The van der Waals surface area contributed by atoms with Gasteiger partial charge < -0.3 is 5.32 Å². The first-order valence-corrected chi connectivity index (χ1v) is 3.22. The van der Waals surface area contributed by atoms with Crippen LogP contribution in [0.15, 0.2) is 0 Å². The number of amides is 1. The van der Waals surface area contributed by atoms with E-state index in [0.717, 1.165) is 0 Å². The maximum Gasteiger partial charge on any atom is 0.408 e. The molecule has 2 atom stereocenters. The van der Waals surface area contributed by atoms with Gasteiger partial charge in [0, 0.05) is 6.42 Å². The lowest BCUT2D eigenvalue weighted by atomic mass is 10.1. The topological polar surface area (TPSA) is 52.9 Å². The van der Waals surface area contributed by atoms with Gasteiger partial charge in [-0.05, 0) is 0 Å². The molecule has 1 fully saturated rings. The van der Waals surface area contributed by atoms with Crippen molar-refractivity contribution in [3.8, 4) is 6.07 Å². The molecule has 1 N–H and O–H groups in total. The summed E-state index contributed by atoms with van der Waals surface area (Å²) in [6.07, 6.45) is -4.92. The molecule has 0 aromatic carbocycles. The summed E-state index contributed by atoms with van der Waals surface area (Å²) in [5.41, 5.74) is 0. The normalized spacial score (nSPS) is 27.4. The SMILES string of the molecule is Cl.N#CC1CC(C(F)(F)F)NC1=O. The molecule has 7 heteroatoms. The van der Waals surface area contributed by atoms with Crippen LogP contribution in [0.1, 0.15) is 6.42 Å². The lowest BCUT2D eigenvalue weighted by Crippen LogP contribution is -2.38. The summed E-state index contributed by atoms with van der Waals surface area (Å²) in [6.45, 7) is 0. The number of halogens is 4. The second kappa shape index (κ2) is 3.83. The Hall–Kier alpha value is -0.960. The van der Waals surface area contributed by atoms with Crippen LogP contribution in [-0.4, -0.2) is 18.1 Å². The lowest BCUT2D eigenvalue weighted by molar-refractivity contribution is -0.154. The molecule has 0 radical (unpaired) electrons. The number of alkyl halides is 3. The van der Waals surface area contributed by atoms with Crippen LogP contribution >= 0.6 is 12.4 Å². The fraction of sp³-hybridized carbons (Fsp3) is 0.667. The molecule has 1 aliphatic rings. The van der Waals surface area contributed by atoms with E-state index in [1.54, 1.807) is 5.32 Å². The van der Waals surface area contributed by atoms with E-state index in [0.29, 0.717) is 0 Å². The highest BCUT2D eigenvalue weighted by molar-refractivity contribution is 5.85. The van der Waals surface area contributed by atoms with Gasteiger partial charge in [0.1, 0.15) is 12.0 Å². The summed E-state index contributed by atoms with van der Waals surface area (Å²) >= 11 is 0. The number of hydrogen-bond acceptors (Lipinski definition) is 2. The van der Waals surface area contributed by atoms with Crippen LogP contribution in [0.4, 0.5) is 13.2 Å². The summed E-state index contributed by atoms with van der Waals surface area (Å²) in [4.78, 5) is 10.6. The van der Waals surface area contributed by atoms with Crippen molar-refractivity contribution in [3.05, 3.63) is 0 Å². The first kappa shape index (κ1) is 12.0. The van der Waals surface area contributed by atoms with Crippen LogP contribution in [0.5, 0.6) is 0 Å². The molecule has 0 saturated carbocycles. The lowest BCUT2D eigenvalue weighted by Gasteiger charge is -2.12. The van der Waals surface area contributed by atoms with Gasteiger partial charge in [-0.3, -0.25) is 4.79 Å². The molecule has 2 unspecified atom stereocenters. The van der Waals surface area contributed by atoms with Crippen LogP contribution in [0, 0.1) is 17.2 Å². The second-order valence-corrected chi connectivity index (χ2v) is 2.52. The minimum atomic E-state index is -4.44. The van der Waals surface area contributed by atoms with Crippen molar-refractivity contribution in [2.75, 3.05) is 0 Å². The summed E-state index contributed by atoms with van der Waals surface area (Å²) in [5.74, 6) is -1.99. The summed E-state index contributed by atoms with van der Waals surface area (Å²) in [7, 11) is 0. The monoisotopic (exact) mass is 214 g/mol. The van der Waals surface area contributed by atoms with Gasteiger partial charge in [0.05, 0.1) is 6.07 Å². The standard InChI is InChI=1S/C6H5F3N2O.ClH/c7-6(8,9)4-1-3(2-10)5(12)11-4;/h3-4H,1H2,(H,11,12);1H. The summed E-state index contributed by atoms with van der Waals surface area (Å²) in [6, 6.07) is -0.348. The van der Waals surface area contributed by atoms with Crippen LogP contribution in [0.3, 0.4) is 0 Å². The zero-order valence-corrected chi connectivity index (χ0v) is 7.08. The highest BCUT2D eigenvalue weighted by Gasteiger charge is 2.47. The molecule has 0 aliphatic carbocycles. The Bertz CT molecular complexity index is 247. The molecule has 3 nitrogen and oxygen atoms in total. The Kier molecular flexibility index (Phi) is 3.55. The average Bonchev–Trinajstić information content (AvgIpc) is 2.29. The number of carbonyl (C=O) groups is 1. The maximum absolute atomic E-state index is 11.9. The maximum atomic E-state index is 11.9. The van der Waals surface area contributed by atoms with Gasteiger partial charge in [-0.2, -0.15) is 18.4 Å². The van der Waals surface area contributed by atoms with E-state index in [9.17, 15) is 18.0 Å². The number of nitrogens with one attached hydrogen (secondary N) is 1. The molecule has 1 aliphatic heterocycles. The fourth-order valence-corrected chi connectivity index (χ4v) is 1.00. The van der Waals surface area contributed by atoms with Crippen LogP contribution in [0.2, 0.25) is 0 Å². The third kappa shape index (κ3) is 2.49. The quantitative estimate of drug-likeness (QED) is 0.654. The predicted molar refractivity (Wildman–Crippen MR) is 39.0 cm³/mol. The number of carbonyl (C=O) groups excluding carboxylic acids is 1. The van der Waals surface area contributed by atoms with Gasteiger partial charge in [0.15, 0.2) is 0 Å². The molecule has 0 bridgehead atoms. The van der Waals surface area contributed by atoms with Crippen molar-refractivity contribution in [1.82, 2.24) is 5.32 Å². The Balaban J connectivity index is 0.00000144.